The minimum Gasteiger partial charge on any atom is -0.483 e. The maximum Gasteiger partial charge on any atom is 0.290 e. The van der Waals surface area contributed by atoms with E-state index in [2.05, 4.69) is 34.3 Å². The predicted molar refractivity (Wildman–Crippen MR) is 45.4 cm³/mol. The summed E-state index contributed by atoms with van der Waals surface area (Å²) < 4.78 is 1.24. The summed E-state index contributed by atoms with van der Waals surface area (Å²) in [4.78, 5) is 8.36. The largest absolute Gasteiger partial charge is 0.483 e. The SMILES string of the molecule is Cc1ccsc1Br.O=CO. The lowest BCUT2D eigenvalue weighted by molar-refractivity contribution is -0.122. The molecule has 0 bridgehead atoms. The Kier molecular flexibility index (Phi) is 5.25. The zero-order valence-corrected chi connectivity index (χ0v) is 7.78. The van der Waals surface area contributed by atoms with Crippen molar-refractivity contribution in [2.24, 2.45) is 0 Å². The lowest BCUT2D eigenvalue weighted by Gasteiger charge is -1.77. The molecule has 0 aliphatic carbocycles. The van der Waals surface area contributed by atoms with Crippen LogP contribution in [0, 0.1) is 6.92 Å². The van der Waals surface area contributed by atoms with Crippen molar-refractivity contribution in [1.82, 2.24) is 0 Å². The Balaban J connectivity index is 0.000000236. The number of aryl methyl sites for hydroxylation is 1. The summed E-state index contributed by atoms with van der Waals surface area (Å²) >= 11 is 5.10. The fourth-order valence-electron chi connectivity index (χ4n) is 0.354. The molecule has 4 heteroatoms. The highest BCUT2D eigenvalue weighted by molar-refractivity contribution is 9.11. The lowest BCUT2D eigenvalue weighted by Crippen LogP contribution is -1.55. The molecule has 0 aliphatic rings. The fraction of sp³-hybridized carbons (Fsp3) is 0.167. The van der Waals surface area contributed by atoms with Crippen LogP contribution in [0.25, 0.3) is 0 Å². The van der Waals surface area contributed by atoms with Crippen LogP contribution < -0.4 is 0 Å². The molecule has 0 saturated carbocycles. The van der Waals surface area contributed by atoms with Crippen molar-refractivity contribution < 1.29 is 9.90 Å². The van der Waals surface area contributed by atoms with Gasteiger partial charge in [-0.1, -0.05) is 0 Å². The predicted octanol–water partition coefficient (Wildman–Crippen LogP) is 2.52. The van der Waals surface area contributed by atoms with Crippen LogP contribution >= 0.6 is 27.3 Å². The van der Waals surface area contributed by atoms with Crippen LogP contribution in [0.15, 0.2) is 15.2 Å². The second-order valence-corrected chi connectivity index (χ2v) is 3.72. The van der Waals surface area contributed by atoms with Crippen molar-refractivity contribution in [2.75, 3.05) is 0 Å². The number of carboxylic acid groups (broad SMARTS) is 1. The number of rotatable bonds is 0. The molecule has 0 aromatic carbocycles. The molecule has 0 spiro atoms. The van der Waals surface area contributed by atoms with E-state index in [0.717, 1.165) is 0 Å². The molecule has 0 atom stereocenters. The average molecular weight is 223 g/mol. The Bertz CT molecular complexity index is 181. The zero-order valence-electron chi connectivity index (χ0n) is 5.37. The van der Waals surface area contributed by atoms with Crippen LogP contribution in [-0.2, 0) is 4.79 Å². The molecular weight excluding hydrogens is 216 g/mol. The summed E-state index contributed by atoms with van der Waals surface area (Å²) in [6.45, 7) is 1.83. The summed E-state index contributed by atoms with van der Waals surface area (Å²) in [5, 5.41) is 8.96. The Morgan fingerprint density at radius 2 is 2.30 bits per heavy atom. The first-order valence-electron chi connectivity index (χ1n) is 2.49. The van der Waals surface area contributed by atoms with Gasteiger partial charge in [0.15, 0.2) is 0 Å². The van der Waals surface area contributed by atoms with Crippen molar-refractivity contribution in [2.45, 2.75) is 6.92 Å². The molecule has 1 aromatic rings. The van der Waals surface area contributed by atoms with Gasteiger partial charge < -0.3 is 5.11 Å². The van der Waals surface area contributed by atoms with Gasteiger partial charge >= 0.3 is 0 Å². The van der Waals surface area contributed by atoms with Crippen LogP contribution in [-0.4, -0.2) is 11.6 Å². The molecule has 56 valence electrons. The molecule has 0 fully saturated rings. The first-order chi connectivity index (χ1) is 4.72. The Hall–Kier alpha value is -0.350. The van der Waals surface area contributed by atoms with Crippen molar-refractivity contribution in [3.05, 3.63) is 20.8 Å². The van der Waals surface area contributed by atoms with Crippen LogP contribution in [0.5, 0.6) is 0 Å². The zero-order chi connectivity index (χ0) is 7.98. The Morgan fingerprint density at radius 1 is 1.80 bits per heavy atom. The van der Waals surface area contributed by atoms with Gasteiger partial charge in [-0.25, -0.2) is 0 Å². The van der Waals surface area contributed by atoms with Crippen LogP contribution in [0.3, 0.4) is 0 Å². The highest BCUT2D eigenvalue weighted by Gasteiger charge is 1.89. The summed E-state index contributed by atoms with van der Waals surface area (Å²) in [5.74, 6) is 0. The molecule has 0 saturated heterocycles. The monoisotopic (exact) mass is 222 g/mol. The van der Waals surface area contributed by atoms with Crippen molar-refractivity contribution in [1.29, 1.82) is 0 Å². The molecule has 0 unspecified atom stereocenters. The number of hydrogen-bond donors (Lipinski definition) is 1. The van der Waals surface area contributed by atoms with Gasteiger partial charge in [0.05, 0.1) is 3.79 Å². The van der Waals surface area contributed by atoms with Gasteiger partial charge in [-0.05, 0) is 39.9 Å². The average Bonchev–Trinajstić information content (AvgIpc) is 2.19. The molecule has 1 N–H and O–H groups in total. The number of hydrogen-bond acceptors (Lipinski definition) is 2. The lowest BCUT2D eigenvalue weighted by atomic mass is 10.4. The second-order valence-electron chi connectivity index (χ2n) is 1.48. The van der Waals surface area contributed by atoms with E-state index in [1.54, 1.807) is 11.3 Å². The van der Waals surface area contributed by atoms with E-state index >= 15 is 0 Å². The summed E-state index contributed by atoms with van der Waals surface area (Å²) in [5.41, 5.74) is 1.32. The molecular formula is C6H7BrO2S. The minimum absolute atomic E-state index is 0.250. The molecule has 0 radical (unpaired) electrons. The van der Waals surface area contributed by atoms with Crippen molar-refractivity contribution in [3.8, 4) is 0 Å². The molecule has 1 rings (SSSR count). The minimum atomic E-state index is -0.250. The quantitative estimate of drug-likeness (QED) is 0.686. The summed E-state index contributed by atoms with van der Waals surface area (Å²) in [7, 11) is 0. The third kappa shape index (κ3) is 3.63. The highest BCUT2D eigenvalue weighted by atomic mass is 79.9. The summed E-state index contributed by atoms with van der Waals surface area (Å²) in [6, 6.07) is 2.09. The molecule has 10 heavy (non-hydrogen) atoms. The van der Waals surface area contributed by atoms with E-state index in [4.69, 9.17) is 9.90 Å². The van der Waals surface area contributed by atoms with E-state index in [-0.39, 0.29) is 6.47 Å². The normalized spacial score (nSPS) is 7.80. The van der Waals surface area contributed by atoms with E-state index in [1.165, 1.54) is 9.35 Å². The molecule has 1 aromatic heterocycles. The van der Waals surface area contributed by atoms with Crippen molar-refractivity contribution >= 4 is 33.7 Å². The first kappa shape index (κ1) is 9.65. The fourth-order valence-corrected chi connectivity index (χ4v) is 1.46. The number of carbonyl (C=O) groups is 1. The van der Waals surface area contributed by atoms with Gasteiger partial charge in [-0.2, -0.15) is 0 Å². The smallest absolute Gasteiger partial charge is 0.290 e. The Labute approximate surface area is 71.6 Å². The van der Waals surface area contributed by atoms with Gasteiger partial charge in [-0.3, -0.25) is 4.79 Å². The summed E-state index contributed by atoms with van der Waals surface area (Å²) in [6.07, 6.45) is 0. The highest BCUT2D eigenvalue weighted by Crippen LogP contribution is 2.21. The van der Waals surface area contributed by atoms with Gasteiger partial charge in [0.2, 0.25) is 0 Å². The van der Waals surface area contributed by atoms with Crippen molar-refractivity contribution in [3.63, 3.8) is 0 Å². The standard InChI is InChI=1S/C5H5BrS.CH2O2/c1-4-2-3-7-5(4)6;2-1-3/h2-3H,1H3;1H,(H,2,3). The number of thiophene rings is 1. The molecule has 0 aliphatic heterocycles. The van der Waals surface area contributed by atoms with E-state index in [1.807, 2.05) is 0 Å². The van der Waals surface area contributed by atoms with Crippen LogP contribution in [0.4, 0.5) is 0 Å². The Morgan fingerprint density at radius 3 is 2.40 bits per heavy atom. The molecule has 1 heterocycles. The maximum absolute atomic E-state index is 8.36. The van der Waals surface area contributed by atoms with E-state index in [0.29, 0.717) is 0 Å². The van der Waals surface area contributed by atoms with Crippen LogP contribution in [0.2, 0.25) is 0 Å². The third-order valence-electron chi connectivity index (χ3n) is 0.800. The van der Waals surface area contributed by atoms with Crippen LogP contribution in [0.1, 0.15) is 5.56 Å². The number of halogens is 1. The van der Waals surface area contributed by atoms with Gasteiger partial charge in [0, 0.05) is 0 Å². The third-order valence-corrected chi connectivity index (χ3v) is 2.79. The van der Waals surface area contributed by atoms with Gasteiger partial charge in [0.1, 0.15) is 0 Å². The van der Waals surface area contributed by atoms with Gasteiger partial charge in [0.25, 0.3) is 6.47 Å². The maximum atomic E-state index is 8.36. The molecule has 0 amide bonds. The molecule has 2 nitrogen and oxygen atoms in total. The second kappa shape index (κ2) is 5.44. The first-order valence-corrected chi connectivity index (χ1v) is 4.17. The van der Waals surface area contributed by atoms with Gasteiger partial charge in [-0.15, -0.1) is 11.3 Å². The van der Waals surface area contributed by atoms with E-state index < -0.39 is 0 Å². The topological polar surface area (TPSA) is 37.3 Å². The van der Waals surface area contributed by atoms with E-state index in [9.17, 15) is 0 Å².